The fraction of sp³-hybridized carbons (Fsp3) is 0.200. The van der Waals surface area contributed by atoms with Crippen LogP contribution in [0.3, 0.4) is 0 Å². The Morgan fingerprint density at radius 3 is 2.61 bits per heavy atom. The molecule has 0 aromatic heterocycles. The van der Waals surface area contributed by atoms with Crippen LogP contribution in [0.15, 0.2) is 48.5 Å². The SMILES string of the molecule is Cc1ccc(Cl)c(NCC(O)c2ccccc2)c1. The van der Waals surface area contributed by atoms with Crippen molar-refractivity contribution in [3.63, 3.8) is 0 Å². The van der Waals surface area contributed by atoms with Gasteiger partial charge in [-0.3, -0.25) is 0 Å². The van der Waals surface area contributed by atoms with E-state index in [0.29, 0.717) is 11.6 Å². The summed E-state index contributed by atoms with van der Waals surface area (Å²) in [6.07, 6.45) is -0.539. The Kier molecular flexibility index (Phi) is 4.24. The highest BCUT2D eigenvalue weighted by Crippen LogP contribution is 2.23. The zero-order valence-electron chi connectivity index (χ0n) is 10.2. The number of anilines is 1. The Labute approximate surface area is 112 Å². The molecule has 0 amide bonds. The number of benzene rings is 2. The third-order valence-corrected chi connectivity index (χ3v) is 3.12. The third-order valence-electron chi connectivity index (χ3n) is 2.79. The molecule has 2 rings (SSSR count). The molecule has 94 valence electrons. The van der Waals surface area contributed by atoms with E-state index in [1.165, 1.54) is 0 Å². The van der Waals surface area contributed by atoms with Crippen molar-refractivity contribution in [2.75, 3.05) is 11.9 Å². The summed E-state index contributed by atoms with van der Waals surface area (Å²) in [7, 11) is 0. The maximum Gasteiger partial charge on any atom is 0.0962 e. The molecule has 0 aliphatic rings. The van der Waals surface area contributed by atoms with E-state index in [1.807, 2.05) is 55.5 Å². The van der Waals surface area contributed by atoms with Gasteiger partial charge < -0.3 is 10.4 Å². The largest absolute Gasteiger partial charge is 0.387 e. The standard InChI is InChI=1S/C15H16ClNO/c1-11-7-8-13(16)14(9-11)17-10-15(18)12-5-3-2-4-6-12/h2-9,15,17-18H,10H2,1H3. The first kappa shape index (κ1) is 12.9. The fourth-order valence-corrected chi connectivity index (χ4v) is 1.96. The Morgan fingerprint density at radius 2 is 1.89 bits per heavy atom. The van der Waals surface area contributed by atoms with Gasteiger partial charge in [0.25, 0.3) is 0 Å². The van der Waals surface area contributed by atoms with Gasteiger partial charge in [0.05, 0.1) is 16.8 Å². The van der Waals surface area contributed by atoms with Gasteiger partial charge in [-0.15, -0.1) is 0 Å². The average molecular weight is 262 g/mol. The quantitative estimate of drug-likeness (QED) is 0.878. The number of halogens is 1. The smallest absolute Gasteiger partial charge is 0.0962 e. The van der Waals surface area contributed by atoms with E-state index in [-0.39, 0.29) is 0 Å². The minimum absolute atomic E-state index is 0.438. The molecule has 1 unspecified atom stereocenters. The zero-order valence-corrected chi connectivity index (χ0v) is 11.0. The van der Waals surface area contributed by atoms with Crippen LogP contribution in [0.1, 0.15) is 17.2 Å². The summed E-state index contributed by atoms with van der Waals surface area (Å²) in [6, 6.07) is 15.4. The van der Waals surface area contributed by atoms with E-state index in [9.17, 15) is 5.11 Å². The van der Waals surface area contributed by atoms with Gasteiger partial charge in [0, 0.05) is 6.54 Å². The minimum atomic E-state index is -0.539. The van der Waals surface area contributed by atoms with Gasteiger partial charge in [0.2, 0.25) is 0 Å². The second-order valence-corrected chi connectivity index (χ2v) is 4.70. The average Bonchev–Trinajstić information content (AvgIpc) is 2.40. The summed E-state index contributed by atoms with van der Waals surface area (Å²) in [4.78, 5) is 0. The molecule has 2 aromatic carbocycles. The molecule has 3 heteroatoms. The van der Waals surface area contributed by atoms with Crippen LogP contribution in [0.4, 0.5) is 5.69 Å². The summed E-state index contributed by atoms with van der Waals surface area (Å²) >= 11 is 6.08. The lowest BCUT2D eigenvalue weighted by atomic mass is 10.1. The number of aliphatic hydroxyl groups is 1. The van der Waals surface area contributed by atoms with E-state index in [0.717, 1.165) is 16.8 Å². The maximum absolute atomic E-state index is 10.0. The molecule has 0 spiro atoms. The minimum Gasteiger partial charge on any atom is -0.387 e. The highest BCUT2D eigenvalue weighted by atomic mass is 35.5. The van der Waals surface area contributed by atoms with E-state index < -0.39 is 6.10 Å². The summed E-state index contributed by atoms with van der Waals surface area (Å²) < 4.78 is 0. The lowest BCUT2D eigenvalue weighted by Gasteiger charge is -2.14. The number of rotatable bonds is 4. The first-order chi connectivity index (χ1) is 8.66. The topological polar surface area (TPSA) is 32.3 Å². The third kappa shape index (κ3) is 3.25. The number of nitrogens with one attached hydrogen (secondary N) is 1. The van der Waals surface area contributed by atoms with Crippen molar-refractivity contribution < 1.29 is 5.11 Å². The van der Waals surface area contributed by atoms with Crippen molar-refractivity contribution in [1.82, 2.24) is 0 Å². The summed E-state index contributed by atoms with van der Waals surface area (Å²) in [5, 5.41) is 13.9. The molecule has 2 N–H and O–H groups in total. The van der Waals surface area contributed by atoms with E-state index in [1.54, 1.807) is 0 Å². The molecule has 0 bridgehead atoms. The van der Waals surface area contributed by atoms with Crippen LogP contribution in [-0.4, -0.2) is 11.7 Å². The van der Waals surface area contributed by atoms with Crippen molar-refractivity contribution in [2.24, 2.45) is 0 Å². The first-order valence-corrected chi connectivity index (χ1v) is 6.27. The van der Waals surface area contributed by atoms with Crippen molar-refractivity contribution >= 4 is 17.3 Å². The maximum atomic E-state index is 10.0. The van der Waals surface area contributed by atoms with Gasteiger partial charge in [-0.25, -0.2) is 0 Å². The zero-order chi connectivity index (χ0) is 13.0. The van der Waals surface area contributed by atoms with E-state index in [4.69, 9.17) is 11.6 Å². The van der Waals surface area contributed by atoms with E-state index >= 15 is 0 Å². The molecule has 0 saturated heterocycles. The van der Waals surface area contributed by atoms with Crippen LogP contribution in [-0.2, 0) is 0 Å². The highest BCUT2D eigenvalue weighted by Gasteiger charge is 2.07. The lowest BCUT2D eigenvalue weighted by molar-refractivity contribution is 0.191. The first-order valence-electron chi connectivity index (χ1n) is 5.90. The molecule has 2 nitrogen and oxygen atoms in total. The summed E-state index contributed by atoms with van der Waals surface area (Å²) in [5.41, 5.74) is 2.89. The van der Waals surface area contributed by atoms with Gasteiger partial charge in [-0.2, -0.15) is 0 Å². The van der Waals surface area contributed by atoms with Crippen LogP contribution < -0.4 is 5.32 Å². The number of hydrogen-bond donors (Lipinski definition) is 2. The van der Waals surface area contributed by atoms with Crippen molar-refractivity contribution in [2.45, 2.75) is 13.0 Å². The predicted octanol–water partition coefficient (Wildman–Crippen LogP) is 3.79. The van der Waals surface area contributed by atoms with Gasteiger partial charge in [-0.05, 0) is 30.2 Å². The van der Waals surface area contributed by atoms with Crippen LogP contribution in [0.5, 0.6) is 0 Å². The molecule has 0 aliphatic heterocycles. The van der Waals surface area contributed by atoms with Gasteiger partial charge in [-0.1, -0.05) is 48.0 Å². The Balaban J connectivity index is 2.01. The fourth-order valence-electron chi connectivity index (χ4n) is 1.77. The van der Waals surface area contributed by atoms with Gasteiger partial charge in [0.15, 0.2) is 0 Å². The second-order valence-electron chi connectivity index (χ2n) is 4.29. The highest BCUT2D eigenvalue weighted by molar-refractivity contribution is 6.33. The normalized spacial score (nSPS) is 12.2. The molecule has 1 atom stereocenters. The second kappa shape index (κ2) is 5.89. The van der Waals surface area contributed by atoms with E-state index in [2.05, 4.69) is 5.32 Å². The number of hydrogen-bond acceptors (Lipinski definition) is 2. The monoisotopic (exact) mass is 261 g/mol. The van der Waals surface area contributed by atoms with Crippen LogP contribution in [0.25, 0.3) is 0 Å². The molecule has 2 aromatic rings. The lowest BCUT2D eigenvalue weighted by Crippen LogP contribution is -2.12. The Morgan fingerprint density at radius 1 is 1.17 bits per heavy atom. The van der Waals surface area contributed by atoms with Gasteiger partial charge in [0.1, 0.15) is 0 Å². The summed E-state index contributed by atoms with van der Waals surface area (Å²) in [5.74, 6) is 0. The molecule has 0 heterocycles. The van der Waals surface area contributed by atoms with Crippen molar-refractivity contribution in [3.8, 4) is 0 Å². The Hall–Kier alpha value is -1.51. The van der Waals surface area contributed by atoms with Crippen LogP contribution in [0, 0.1) is 6.92 Å². The number of aliphatic hydroxyl groups excluding tert-OH is 1. The number of aryl methyl sites for hydroxylation is 1. The van der Waals surface area contributed by atoms with Crippen molar-refractivity contribution in [1.29, 1.82) is 0 Å². The van der Waals surface area contributed by atoms with Crippen molar-refractivity contribution in [3.05, 3.63) is 64.7 Å². The molecule has 0 saturated carbocycles. The molecule has 0 radical (unpaired) electrons. The summed E-state index contributed by atoms with van der Waals surface area (Å²) in [6.45, 7) is 2.45. The predicted molar refractivity (Wildman–Crippen MR) is 76.1 cm³/mol. The molecule has 0 aliphatic carbocycles. The van der Waals surface area contributed by atoms with Gasteiger partial charge >= 0.3 is 0 Å². The van der Waals surface area contributed by atoms with Crippen LogP contribution >= 0.6 is 11.6 Å². The molecule has 0 fully saturated rings. The molecule has 18 heavy (non-hydrogen) atoms. The Bertz CT molecular complexity index is 513. The molecular weight excluding hydrogens is 246 g/mol. The van der Waals surface area contributed by atoms with Crippen LogP contribution in [0.2, 0.25) is 5.02 Å². The molecular formula is C15H16ClNO.